The molecule has 0 bridgehead atoms. The second-order valence-electron chi connectivity index (χ2n) is 4.33. The number of methoxy groups -OCH3 is 1. The number of halogens is 1. The van der Waals surface area contributed by atoms with E-state index in [1.165, 1.54) is 13.2 Å². The molecule has 0 aliphatic heterocycles. The van der Waals surface area contributed by atoms with Gasteiger partial charge in [0, 0.05) is 9.37 Å². The summed E-state index contributed by atoms with van der Waals surface area (Å²) in [6, 6.07) is 12.2. The van der Waals surface area contributed by atoms with E-state index in [-0.39, 0.29) is 4.90 Å². The maximum atomic E-state index is 12.7. The van der Waals surface area contributed by atoms with Crippen LogP contribution in [0.15, 0.2) is 56.7 Å². The van der Waals surface area contributed by atoms with E-state index in [0.29, 0.717) is 15.9 Å². The van der Waals surface area contributed by atoms with Gasteiger partial charge in [-0.05, 0) is 36.1 Å². The van der Waals surface area contributed by atoms with E-state index in [0.717, 1.165) is 10.6 Å². The molecular formula is C15H16BrNO3S2. The van der Waals surface area contributed by atoms with Crippen LogP contribution in [0.5, 0.6) is 5.75 Å². The Hall–Kier alpha value is -1.18. The molecule has 0 saturated carbocycles. The summed E-state index contributed by atoms with van der Waals surface area (Å²) in [5, 5.41) is 0. The van der Waals surface area contributed by atoms with Crippen molar-refractivity contribution in [1.82, 2.24) is 0 Å². The summed E-state index contributed by atoms with van der Waals surface area (Å²) in [7, 11) is -2.29. The first kappa shape index (κ1) is 17.2. The van der Waals surface area contributed by atoms with Gasteiger partial charge in [0.1, 0.15) is 10.6 Å². The molecule has 2 aromatic rings. The second-order valence-corrected chi connectivity index (χ2v) is 8.20. The molecule has 0 heterocycles. The minimum absolute atomic E-state index is 0.0978. The van der Waals surface area contributed by atoms with Crippen molar-refractivity contribution in [3.8, 4) is 5.75 Å². The largest absolute Gasteiger partial charge is 0.495 e. The van der Waals surface area contributed by atoms with Crippen LogP contribution in [-0.4, -0.2) is 21.3 Å². The maximum absolute atomic E-state index is 12.7. The van der Waals surface area contributed by atoms with Crippen LogP contribution >= 0.6 is 27.7 Å². The lowest BCUT2D eigenvalue weighted by molar-refractivity contribution is 0.403. The molecule has 0 aliphatic rings. The molecule has 2 rings (SSSR count). The van der Waals surface area contributed by atoms with Crippen molar-refractivity contribution in [3.05, 3.63) is 46.9 Å². The number of ether oxygens (including phenoxy) is 1. The predicted octanol–water partition coefficient (Wildman–Crippen LogP) is 4.37. The zero-order chi connectivity index (χ0) is 16.2. The van der Waals surface area contributed by atoms with Gasteiger partial charge >= 0.3 is 0 Å². The van der Waals surface area contributed by atoms with E-state index in [9.17, 15) is 8.42 Å². The standard InChI is InChI=1S/C15H16BrNO3S2/c1-3-21-14-7-5-4-6-12(14)17-22(18,19)15-10-11(16)8-9-13(15)20-2/h4-10,17H,3H2,1-2H3. The van der Waals surface area contributed by atoms with Gasteiger partial charge in [0.05, 0.1) is 12.8 Å². The maximum Gasteiger partial charge on any atom is 0.265 e. The van der Waals surface area contributed by atoms with E-state index >= 15 is 0 Å². The molecule has 0 amide bonds. The quantitative estimate of drug-likeness (QED) is 0.729. The molecule has 2 aromatic carbocycles. The first-order valence-electron chi connectivity index (χ1n) is 6.56. The summed E-state index contributed by atoms with van der Waals surface area (Å²) < 4.78 is 33.8. The molecule has 1 N–H and O–H groups in total. The highest BCUT2D eigenvalue weighted by Gasteiger charge is 2.21. The van der Waals surface area contributed by atoms with Gasteiger partial charge in [0.15, 0.2) is 0 Å². The number of hydrogen-bond acceptors (Lipinski definition) is 4. The van der Waals surface area contributed by atoms with Crippen LogP contribution in [0.1, 0.15) is 6.92 Å². The van der Waals surface area contributed by atoms with Gasteiger partial charge in [-0.25, -0.2) is 8.42 Å². The van der Waals surface area contributed by atoms with E-state index in [4.69, 9.17) is 4.74 Å². The third-order valence-corrected chi connectivity index (χ3v) is 5.68. The highest BCUT2D eigenvalue weighted by Crippen LogP contribution is 2.32. The van der Waals surface area contributed by atoms with Crippen molar-refractivity contribution in [2.24, 2.45) is 0 Å². The van der Waals surface area contributed by atoms with Crippen molar-refractivity contribution in [2.45, 2.75) is 16.7 Å². The monoisotopic (exact) mass is 401 g/mol. The summed E-state index contributed by atoms with van der Waals surface area (Å²) in [6.07, 6.45) is 0. The van der Waals surface area contributed by atoms with Gasteiger partial charge in [-0.15, -0.1) is 11.8 Å². The average Bonchev–Trinajstić information content (AvgIpc) is 2.49. The van der Waals surface area contributed by atoms with Crippen LogP contribution < -0.4 is 9.46 Å². The Balaban J connectivity index is 2.43. The molecule has 0 saturated heterocycles. The summed E-state index contributed by atoms with van der Waals surface area (Å²) in [6.45, 7) is 2.02. The normalized spacial score (nSPS) is 11.2. The molecular weight excluding hydrogens is 386 g/mol. The highest BCUT2D eigenvalue weighted by molar-refractivity contribution is 9.10. The number of hydrogen-bond donors (Lipinski definition) is 1. The number of sulfonamides is 1. The molecule has 0 atom stereocenters. The lowest BCUT2D eigenvalue weighted by Gasteiger charge is -2.14. The number of thioether (sulfide) groups is 1. The zero-order valence-electron chi connectivity index (χ0n) is 12.2. The fourth-order valence-corrected chi connectivity index (χ4v) is 4.51. The molecule has 4 nitrogen and oxygen atoms in total. The molecule has 0 aromatic heterocycles. The molecule has 0 aliphatic carbocycles. The fraction of sp³-hybridized carbons (Fsp3) is 0.200. The summed E-state index contributed by atoms with van der Waals surface area (Å²) >= 11 is 4.87. The van der Waals surface area contributed by atoms with Gasteiger partial charge in [-0.3, -0.25) is 4.72 Å². The number of benzene rings is 2. The van der Waals surface area contributed by atoms with Gasteiger partial charge in [0.2, 0.25) is 0 Å². The van der Waals surface area contributed by atoms with Crippen LogP contribution in [0.4, 0.5) is 5.69 Å². The number of nitrogens with one attached hydrogen (secondary N) is 1. The first-order chi connectivity index (χ1) is 10.5. The van der Waals surface area contributed by atoms with Crippen LogP contribution in [-0.2, 0) is 10.0 Å². The van der Waals surface area contributed by atoms with Gasteiger partial charge in [0.25, 0.3) is 10.0 Å². The summed E-state index contributed by atoms with van der Waals surface area (Å²) in [5.74, 6) is 1.16. The SMILES string of the molecule is CCSc1ccccc1NS(=O)(=O)c1cc(Br)ccc1OC. The van der Waals surface area contributed by atoms with Crippen molar-refractivity contribution < 1.29 is 13.2 Å². The van der Waals surface area contributed by atoms with E-state index in [2.05, 4.69) is 20.7 Å². The molecule has 22 heavy (non-hydrogen) atoms. The summed E-state index contributed by atoms with van der Waals surface area (Å²) in [5.41, 5.74) is 0.566. The van der Waals surface area contributed by atoms with Gasteiger partial charge in [-0.1, -0.05) is 35.0 Å². The number of rotatable bonds is 6. The molecule has 118 valence electrons. The smallest absolute Gasteiger partial charge is 0.265 e. The van der Waals surface area contributed by atoms with Gasteiger partial charge < -0.3 is 4.74 Å². The van der Waals surface area contributed by atoms with Crippen LogP contribution in [0.3, 0.4) is 0 Å². The molecule has 0 spiro atoms. The zero-order valence-corrected chi connectivity index (χ0v) is 15.4. The predicted molar refractivity (Wildman–Crippen MR) is 94.3 cm³/mol. The van der Waals surface area contributed by atoms with Crippen LogP contribution in [0, 0.1) is 0 Å². The van der Waals surface area contributed by atoms with Crippen LogP contribution in [0.2, 0.25) is 0 Å². The Morgan fingerprint density at radius 3 is 2.64 bits per heavy atom. The minimum Gasteiger partial charge on any atom is -0.495 e. The first-order valence-corrected chi connectivity index (χ1v) is 9.82. The molecule has 0 fully saturated rings. The topological polar surface area (TPSA) is 55.4 Å². The molecule has 0 unspecified atom stereocenters. The van der Waals surface area contributed by atoms with Crippen molar-refractivity contribution in [1.29, 1.82) is 0 Å². The molecule has 7 heteroatoms. The van der Waals surface area contributed by atoms with E-state index < -0.39 is 10.0 Å². The van der Waals surface area contributed by atoms with Crippen molar-refractivity contribution >= 4 is 43.4 Å². The Morgan fingerprint density at radius 2 is 1.95 bits per heavy atom. The lowest BCUT2D eigenvalue weighted by atomic mass is 10.3. The third kappa shape index (κ3) is 3.97. The van der Waals surface area contributed by atoms with Crippen LogP contribution in [0.25, 0.3) is 0 Å². The van der Waals surface area contributed by atoms with E-state index in [1.54, 1.807) is 36.0 Å². The Kier molecular flexibility index (Phi) is 5.77. The molecule has 0 radical (unpaired) electrons. The van der Waals surface area contributed by atoms with Gasteiger partial charge in [-0.2, -0.15) is 0 Å². The summed E-state index contributed by atoms with van der Waals surface area (Å²) in [4.78, 5) is 0.989. The van der Waals surface area contributed by atoms with E-state index in [1.807, 2.05) is 19.1 Å². The lowest BCUT2D eigenvalue weighted by Crippen LogP contribution is -2.14. The second kappa shape index (κ2) is 7.39. The Morgan fingerprint density at radius 1 is 1.23 bits per heavy atom. The van der Waals surface area contributed by atoms with Crippen molar-refractivity contribution in [2.75, 3.05) is 17.6 Å². The fourth-order valence-electron chi connectivity index (χ4n) is 1.89. The average molecular weight is 402 g/mol. The Bertz CT molecular complexity index is 763. The third-order valence-electron chi connectivity index (χ3n) is 2.85. The number of anilines is 1. The highest BCUT2D eigenvalue weighted by atomic mass is 79.9. The Labute approximate surface area is 143 Å². The number of para-hydroxylation sites is 1. The van der Waals surface area contributed by atoms with Crippen molar-refractivity contribution in [3.63, 3.8) is 0 Å². The minimum atomic E-state index is -3.74.